The van der Waals surface area contributed by atoms with Crippen molar-refractivity contribution in [2.45, 2.75) is 57.5 Å². The number of carbonyl (C=O) groups is 3. The second-order valence-corrected chi connectivity index (χ2v) is 7.74. The van der Waals surface area contributed by atoms with Crippen molar-refractivity contribution in [2.24, 2.45) is 0 Å². The Morgan fingerprint density at radius 2 is 1.68 bits per heavy atom. The van der Waals surface area contributed by atoms with Gasteiger partial charge >= 0.3 is 17.8 Å². The van der Waals surface area contributed by atoms with Gasteiger partial charge in [-0.15, -0.1) is 0 Å². The number of likely N-dealkylation sites (tertiary alicyclic amines) is 1. The van der Waals surface area contributed by atoms with Crippen LogP contribution in [0.15, 0.2) is 24.3 Å². The first-order valence-electron chi connectivity index (χ1n) is 10.3. The lowest BCUT2D eigenvalue weighted by molar-refractivity contribution is -0.144. The first-order chi connectivity index (χ1) is 13.6. The lowest BCUT2D eigenvalue weighted by atomic mass is 10.0. The number of ether oxygens (including phenoxy) is 1. The van der Waals surface area contributed by atoms with Crippen molar-refractivity contribution in [3.63, 3.8) is 0 Å². The molecule has 1 saturated carbocycles. The smallest absolute Gasteiger partial charge is 0.335 e. The topological polar surface area (TPSA) is 70.2 Å². The summed E-state index contributed by atoms with van der Waals surface area (Å²) in [6, 6.07) is 7.55. The van der Waals surface area contributed by atoms with E-state index < -0.39 is 17.8 Å². The third-order valence-electron chi connectivity index (χ3n) is 6.04. The van der Waals surface area contributed by atoms with Gasteiger partial charge in [-0.05, 0) is 50.3 Å². The fourth-order valence-corrected chi connectivity index (χ4v) is 4.64. The highest BCUT2D eigenvalue weighted by molar-refractivity contribution is 6.44. The fourth-order valence-electron chi connectivity index (χ4n) is 4.64. The van der Waals surface area contributed by atoms with Crippen molar-refractivity contribution in [1.82, 2.24) is 14.7 Å². The maximum Gasteiger partial charge on any atom is 0.335 e. The van der Waals surface area contributed by atoms with Crippen LogP contribution in [0.25, 0.3) is 0 Å². The standard InChI is InChI=1S/C21H27N3O4/c1-2-28-17-11-9-15(10-12-17)18-8-5-13-22(18)14-23-19(25)20(26)24(21(23)27)16-6-3-4-7-16/h9-12,16,18H,2-8,13-14H2,1H3. The van der Waals surface area contributed by atoms with Gasteiger partial charge in [0.1, 0.15) is 5.75 Å². The van der Waals surface area contributed by atoms with E-state index in [9.17, 15) is 14.4 Å². The van der Waals surface area contributed by atoms with Gasteiger partial charge in [0.15, 0.2) is 0 Å². The van der Waals surface area contributed by atoms with E-state index in [0.717, 1.165) is 61.3 Å². The summed E-state index contributed by atoms with van der Waals surface area (Å²) in [5.74, 6) is -0.513. The Kier molecular flexibility index (Phi) is 5.35. The Balaban J connectivity index is 1.47. The normalized spacial score (nSPS) is 24.0. The van der Waals surface area contributed by atoms with E-state index in [4.69, 9.17) is 4.74 Å². The van der Waals surface area contributed by atoms with Gasteiger partial charge in [0.2, 0.25) is 0 Å². The van der Waals surface area contributed by atoms with E-state index in [2.05, 4.69) is 4.90 Å². The van der Waals surface area contributed by atoms with Crippen LogP contribution in [0.1, 0.15) is 57.1 Å². The number of benzene rings is 1. The first kappa shape index (κ1) is 18.9. The van der Waals surface area contributed by atoms with Gasteiger partial charge in [-0.3, -0.25) is 19.4 Å². The predicted octanol–water partition coefficient (Wildman–Crippen LogP) is 2.91. The third kappa shape index (κ3) is 3.39. The molecular formula is C21H27N3O4. The molecular weight excluding hydrogens is 358 g/mol. The molecule has 7 heteroatoms. The van der Waals surface area contributed by atoms with Crippen molar-refractivity contribution in [2.75, 3.05) is 19.8 Å². The average Bonchev–Trinajstić information content (AvgIpc) is 3.42. The molecule has 7 nitrogen and oxygen atoms in total. The molecule has 28 heavy (non-hydrogen) atoms. The van der Waals surface area contributed by atoms with E-state index in [1.807, 2.05) is 31.2 Å². The van der Waals surface area contributed by atoms with E-state index in [0.29, 0.717) is 6.61 Å². The second-order valence-electron chi connectivity index (χ2n) is 7.74. The SMILES string of the molecule is CCOc1ccc(C2CCCN2CN2C(=O)C(=O)N(C3CCCC3)C2=O)cc1. The largest absolute Gasteiger partial charge is 0.494 e. The van der Waals surface area contributed by atoms with Crippen LogP contribution in [0, 0.1) is 0 Å². The van der Waals surface area contributed by atoms with Crippen LogP contribution >= 0.6 is 0 Å². The van der Waals surface area contributed by atoms with Crippen LogP contribution in [0.2, 0.25) is 0 Å². The quantitative estimate of drug-likeness (QED) is 0.556. The molecule has 1 aromatic carbocycles. The maximum absolute atomic E-state index is 12.8. The fraction of sp³-hybridized carbons (Fsp3) is 0.571. The van der Waals surface area contributed by atoms with Gasteiger partial charge in [-0.1, -0.05) is 25.0 Å². The summed E-state index contributed by atoms with van der Waals surface area (Å²) >= 11 is 0. The molecule has 1 aromatic rings. The second kappa shape index (κ2) is 7.91. The van der Waals surface area contributed by atoms with Gasteiger partial charge < -0.3 is 4.74 Å². The van der Waals surface area contributed by atoms with Gasteiger partial charge in [-0.25, -0.2) is 9.69 Å². The van der Waals surface area contributed by atoms with Crippen molar-refractivity contribution in [3.05, 3.63) is 29.8 Å². The average molecular weight is 385 g/mol. The summed E-state index contributed by atoms with van der Waals surface area (Å²) in [5.41, 5.74) is 1.14. The van der Waals surface area contributed by atoms with Crippen LogP contribution in [0.3, 0.4) is 0 Å². The number of urea groups is 1. The minimum Gasteiger partial charge on any atom is -0.494 e. The minimum atomic E-state index is -0.686. The monoisotopic (exact) mass is 385 g/mol. The minimum absolute atomic E-state index is 0.116. The van der Waals surface area contributed by atoms with Crippen LogP contribution in [0.5, 0.6) is 5.75 Å². The molecule has 4 amide bonds. The van der Waals surface area contributed by atoms with E-state index in [1.54, 1.807) is 0 Å². The van der Waals surface area contributed by atoms with Crippen molar-refractivity contribution in [1.29, 1.82) is 0 Å². The molecule has 4 rings (SSSR count). The van der Waals surface area contributed by atoms with Crippen LogP contribution in [-0.4, -0.2) is 58.4 Å². The molecule has 1 unspecified atom stereocenters. The zero-order valence-electron chi connectivity index (χ0n) is 16.3. The molecule has 2 aliphatic heterocycles. The Morgan fingerprint density at radius 1 is 0.964 bits per heavy atom. The number of carbonyl (C=O) groups excluding carboxylic acids is 3. The Hall–Kier alpha value is -2.41. The summed E-state index contributed by atoms with van der Waals surface area (Å²) in [7, 11) is 0. The molecule has 1 aliphatic carbocycles. The third-order valence-corrected chi connectivity index (χ3v) is 6.04. The number of nitrogens with zero attached hydrogens (tertiary/aromatic N) is 3. The maximum atomic E-state index is 12.8. The number of rotatable bonds is 6. The van der Waals surface area contributed by atoms with Crippen LogP contribution < -0.4 is 4.74 Å². The molecule has 2 saturated heterocycles. The Morgan fingerprint density at radius 3 is 2.36 bits per heavy atom. The Bertz CT molecular complexity index is 757. The molecule has 0 N–H and O–H groups in total. The van der Waals surface area contributed by atoms with Crippen molar-refractivity contribution < 1.29 is 19.1 Å². The summed E-state index contributed by atoms with van der Waals surface area (Å²) in [4.78, 5) is 42.2. The molecule has 0 radical (unpaired) electrons. The Labute approximate surface area is 165 Å². The number of hydrogen-bond donors (Lipinski definition) is 0. The number of amides is 4. The lowest BCUT2D eigenvalue weighted by Crippen LogP contribution is -2.43. The van der Waals surface area contributed by atoms with E-state index in [-0.39, 0.29) is 18.8 Å². The lowest BCUT2D eigenvalue weighted by Gasteiger charge is -2.28. The van der Waals surface area contributed by atoms with E-state index >= 15 is 0 Å². The van der Waals surface area contributed by atoms with Crippen LogP contribution in [0.4, 0.5) is 4.79 Å². The highest BCUT2D eigenvalue weighted by Gasteiger charge is 2.49. The number of hydrogen-bond acceptors (Lipinski definition) is 5. The molecule has 2 heterocycles. The summed E-state index contributed by atoms with van der Waals surface area (Å²) in [6.07, 6.45) is 5.57. The molecule has 0 spiro atoms. The molecule has 3 fully saturated rings. The van der Waals surface area contributed by atoms with Gasteiger partial charge in [0.05, 0.1) is 13.3 Å². The molecule has 0 bridgehead atoms. The molecule has 150 valence electrons. The molecule has 1 atom stereocenters. The number of imide groups is 2. The summed E-state index contributed by atoms with van der Waals surface area (Å²) in [5, 5.41) is 0. The van der Waals surface area contributed by atoms with Crippen molar-refractivity contribution >= 4 is 17.8 Å². The van der Waals surface area contributed by atoms with Crippen LogP contribution in [-0.2, 0) is 9.59 Å². The van der Waals surface area contributed by atoms with Gasteiger partial charge in [0, 0.05) is 18.6 Å². The van der Waals surface area contributed by atoms with Gasteiger partial charge in [-0.2, -0.15) is 0 Å². The zero-order valence-corrected chi connectivity index (χ0v) is 16.3. The summed E-state index contributed by atoms with van der Waals surface area (Å²) in [6.45, 7) is 3.55. The predicted molar refractivity (Wildman–Crippen MR) is 103 cm³/mol. The zero-order chi connectivity index (χ0) is 19.7. The highest BCUT2D eigenvalue weighted by atomic mass is 16.5. The molecule has 0 aromatic heterocycles. The summed E-state index contributed by atoms with van der Waals surface area (Å²) < 4.78 is 5.50. The first-order valence-corrected chi connectivity index (χ1v) is 10.3. The van der Waals surface area contributed by atoms with Crippen molar-refractivity contribution in [3.8, 4) is 5.75 Å². The van der Waals surface area contributed by atoms with E-state index in [1.165, 1.54) is 4.90 Å². The molecule has 3 aliphatic rings. The van der Waals surface area contributed by atoms with Gasteiger partial charge in [0.25, 0.3) is 0 Å². The highest BCUT2D eigenvalue weighted by Crippen LogP contribution is 2.34.